The lowest BCUT2D eigenvalue weighted by Crippen LogP contribution is -2.57. The SMILES string of the molecule is CC[C@H](C)[C@H](NC(=O)OCc1ccccc1)C(=O)N[C@@H](CCC(N)=O)C(=O)N[C@H](CC(C)C)C(=O)OCC(=O)c1ccccc1. The van der Waals surface area contributed by atoms with Crippen LogP contribution in [-0.4, -0.2) is 60.3 Å². The van der Waals surface area contributed by atoms with Crippen molar-refractivity contribution in [1.29, 1.82) is 0 Å². The molecule has 2 aromatic carbocycles. The second kappa shape index (κ2) is 18.8. The molecule has 0 saturated carbocycles. The normalized spacial score (nSPS) is 13.4. The van der Waals surface area contributed by atoms with E-state index in [2.05, 4.69) is 16.0 Å². The maximum Gasteiger partial charge on any atom is 0.408 e. The third kappa shape index (κ3) is 13.2. The fourth-order valence-electron chi connectivity index (χ4n) is 4.31. The zero-order valence-corrected chi connectivity index (χ0v) is 26.2. The minimum Gasteiger partial charge on any atom is -0.456 e. The Morgan fingerprint density at radius 3 is 1.96 bits per heavy atom. The van der Waals surface area contributed by atoms with E-state index in [1.54, 1.807) is 61.5 Å². The molecular formula is C33H44N4O8. The molecule has 0 unspecified atom stereocenters. The standard InChI is InChI=1S/C33H44N4O8/c1-5-22(4)29(37-33(43)45-19-23-12-8-6-9-13-23)31(41)35-25(16-17-28(34)39)30(40)36-26(18-21(2)3)32(42)44-20-27(38)24-14-10-7-11-15-24/h6-15,21-22,25-26,29H,5,16-20H2,1-4H3,(H2,34,39)(H,35,41)(H,36,40)(H,37,43)/t22-,25-,26+,29-/m0/s1. The Hall–Kier alpha value is -4.74. The summed E-state index contributed by atoms with van der Waals surface area (Å²) in [5.41, 5.74) is 6.45. The molecule has 0 spiro atoms. The second-order valence-corrected chi connectivity index (χ2v) is 11.2. The third-order valence-corrected chi connectivity index (χ3v) is 7.04. The van der Waals surface area contributed by atoms with Crippen molar-refractivity contribution in [3.63, 3.8) is 0 Å². The molecule has 4 amide bonds. The second-order valence-electron chi connectivity index (χ2n) is 11.2. The van der Waals surface area contributed by atoms with Gasteiger partial charge in [-0.05, 0) is 30.2 Å². The van der Waals surface area contributed by atoms with Gasteiger partial charge in [-0.2, -0.15) is 0 Å². The summed E-state index contributed by atoms with van der Waals surface area (Å²) in [6.07, 6.45) is -0.509. The Labute approximate surface area is 263 Å². The van der Waals surface area contributed by atoms with Gasteiger partial charge in [-0.25, -0.2) is 9.59 Å². The molecular weight excluding hydrogens is 580 g/mol. The van der Waals surface area contributed by atoms with Crippen LogP contribution in [0.25, 0.3) is 0 Å². The molecule has 0 radical (unpaired) electrons. The topological polar surface area (TPSA) is 183 Å². The fraction of sp³-hybridized carbons (Fsp3) is 0.455. The number of nitrogens with one attached hydrogen (secondary N) is 3. The summed E-state index contributed by atoms with van der Waals surface area (Å²) >= 11 is 0. The van der Waals surface area contributed by atoms with Crippen LogP contribution in [0.3, 0.4) is 0 Å². The minimum atomic E-state index is -1.27. The number of amides is 4. The number of carbonyl (C=O) groups is 6. The molecule has 0 heterocycles. The number of esters is 1. The van der Waals surface area contributed by atoms with Gasteiger partial charge in [0.25, 0.3) is 0 Å². The van der Waals surface area contributed by atoms with Gasteiger partial charge < -0.3 is 31.2 Å². The highest BCUT2D eigenvalue weighted by Gasteiger charge is 2.33. The van der Waals surface area contributed by atoms with Crippen molar-refractivity contribution >= 4 is 35.6 Å². The maximum absolute atomic E-state index is 13.4. The van der Waals surface area contributed by atoms with Crippen LogP contribution in [-0.2, 0) is 35.3 Å². The number of hydrogen-bond donors (Lipinski definition) is 4. The quantitative estimate of drug-likeness (QED) is 0.144. The van der Waals surface area contributed by atoms with Gasteiger partial charge in [-0.15, -0.1) is 0 Å². The van der Waals surface area contributed by atoms with E-state index < -0.39 is 60.3 Å². The lowest BCUT2D eigenvalue weighted by molar-refractivity contribution is -0.147. The average molecular weight is 625 g/mol. The Morgan fingerprint density at radius 1 is 0.778 bits per heavy atom. The highest BCUT2D eigenvalue weighted by molar-refractivity contribution is 5.98. The van der Waals surface area contributed by atoms with E-state index in [4.69, 9.17) is 15.2 Å². The number of Topliss-reactive ketones (excluding diaryl/α,β-unsaturated/α-hetero) is 1. The summed E-state index contributed by atoms with van der Waals surface area (Å²) in [4.78, 5) is 76.4. The van der Waals surface area contributed by atoms with Gasteiger partial charge in [0.05, 0.1) is 0 Å². The highest BCUT2D eigenvalue weighted by atomic mass is 16.5. The predicted molar refractivity (Wildman–Crippen MR) is 166 cm³/mol. The fourth-order valence-corrected chi connectivity index (χ4v) is 4.31. The van der Waals surface area contributed by atoms with E-state index in [1.165, 1.54) is 0 Å². The van der Waals surface area contributed by atoms with Gasteiger partial charge >= 0.3 is 12.1 Å². The smallest absolute Gasteiger partial charge is 0.408 e. The number of ketones is 1. The summed E-state index contributed by atoms with van der Waals surface area (Å²) in [5, 5.41) is 7.77. The van der Waals surface area contributed by atoms with E-state index in [9.17, 15) is 28.8 Å². The van der Waals surface area contributed by atoms with E-state index in [1.807, 2.05) is 26.8 Å². The molecule has 0 aromatic heterocycles. The Kier molecular flexibility index (Phi) is 15.2. The van der Waals surface area contributed by atoms with Crippen molar-refractivity contribution < 1.29 is 38.2 Å². The molecule has 12 heteroatoms. The van der Waals surface area contributed by atoms with Crippen molar-refractivity contribution in [3.8, 4) is 0 Å². The summed E-state index contributed by atoms with van der Waals surface area (Å²) in [6.45, 7) is 6.75. The molecule has 0 saturated heterocycles. The number of primary amides is 1. The molecule has 244 valence electrons. The first kappa shape index (κ1) is 36.5. The molecule has 0 aliphatic heterocycles. The molecule has 5 N–H and O–H groups in total. The van der Waals surface area contributed by atoms with E-state index in [0.29, 0.717) is 12.0 Å². The zero-order valence-electron chi connectivity index (χ0n) is 26.2. The number of alkyl carbamates (subject to hydrolysis) is 1. The third-order valence-electron chi connectivity index (χ3n) is 7.04. The molecule has 0 aliphatic rings. The molecule has 2 aromatic rings. The lowest BCUT2D eigenvalue weighted by Gasteiger charge is -2.27. The van der Waals surface area contributed by atoms with Crippen LogP contribution in [0.2, 0.25) is 0 Å². The molecule has 12 nitrogen and oxygen atoms in total. The highest BCUT2D eigenvalue weighted by Crippen LogP contribution is 2.12. The number of ether oxygens (including phenoxy) is 2. The van der Waals surface area contributed by atoms with E-state index in [0.717, 1.165) is 5.56 Å². The monoisotopic (exact) mass is 624 g/mol. The zero-order chi connectivity index (χ0) is 33.4. The van der Waals surface area contributed by atoms with Crippen LogP contribution in [0.15, 0.2) is 60.7 Å². The first-order valence-electron chi connectivity index (χ1n) is 15.0. The number of nitrogens with two attached hydrogens (primary N) is 1. The molecule has 4 atom stereocenters. The van der Waals surface area contributed by atoms with Gasteiger partial charge in [0.15, 0.2) is 12.4 Å². The first-order chi connectivity index (χ1) is 21.4. The van der Waals surface area contributed by atoms with E-state index >= 15 is 0 Å². The molecule has 0 fully saturated rings. The number of rotatable bonds is 18. The van der Waals surface area contributed by atoms with Crippen molar-refractivity contribution in [2.24, 2.45) is 17.6 Å². The van der Waals surface area contributed by atoms with Crippen LogP contribution < -0.4 is 21.7 Å². The van der Waals surface area contributed by atoms with Gasteiger partial charge in [-0.1, -0.05) is 94.8 Å². The Bertz CT molecular complexity index is 1290. The van der Waals surface area contributed by atoms with Crippen molar-refractivity contribution in [2.75, 3.05) is 6.61 Å². The largest absolute Gasteiger partial charge is 0.456 e. The number of hydrogen-bond acceptors (Lipinski definition) is 8. The predicted octanol–water partition coefficient (Wildman–Crippen LogP) is 3.03. The van der Waals surface area contributed by atoms with Crippen LogP contribution in [0.4, 0.5) is 4.79 Å². The first-order valence-corrected chi connectivity index (χ1v) is 15.0. The Balaban J connectivity index is 2.13. The minimum absolute atomic E-state index is 0.00452. The van der Waals surface area contributed by atoms with Crippen molar-refractivity contribution in [2.45, 2.75) is 78.1 Å². The Morgan fingerprint density at radius 2 is 1.38 bits per heavy atom. The molecule has 2 rings (SSSR count). The van der Waals surface area contributed by atoms with Gasteiger partial charge in [0.1, 0.15) is 24.7 Å². The molecule has 45 heavy (non-hydrogen) atoms. The van der Waals surface area contributed by atoms with Gasteiger partial charge in [0, 0.05) is 12.0 Å². The summed E-state index contributed by atoms with van der Waals surface area (Å²) in [6, 6.07) is 13.9. The summed E-state index contributed by atoms with van der Waals surface area (Å²) in [5.74, 6) is -3.75. The summed E-state index contributed by atoms with van der Waals surface area (Å²) < 4.78 is 10.5. The maximum atomic E-state index is 13.4. The van der Waals surface area contributed by atoms with Gasteiger partial charge in [0.2, 0.25) is 17.7 Å². The molecule has 0 aliphatic carbocycles. The number of benzene rings is 2. The molecule has 0 bridgehead atoms. The van der Waals surface area contributed by atoms with Crippen LogP contribution >= 0.6 is 0 Å². The number of carbonyl (C=O) groups excluding carboxylic acids is 6. The average Bonchev–Trinajstić information content (AvgIpc) is 3.02. The van der Waals surface area contributed by atoms with Gasteiger partial charge in [-0.3, -0.25) is 19.2 Å². The van der Waals surface area contributed by atoms with Crippen molar-refractivity contribution in [3.05, 3.63) is 71.8 Å². The van der Waals surface area contributed by atoms with Crippen LogP contribution in [0, 0.1) is 11.8 Å². The van der Waals surface area contributed by atoms with Crippen LogP contribution in [0.5, 0.6) is 0 Å². The van der Waals surface area contributed by atoms with Crippen LogP contribution in [0.1, 0.15) is 69.3 Å². The van der Waals surface area contributed by atoms with E-state index in [-0.39, 0.29) is 37.7 Å². The summed E-state index contributed by atoms with van der Waals surface area (Å²) in [7, 11) is 0. The van der Waals surface area contributed by atoms with Crippen molar-refractivity contribution in [1.82, 2.24) is 16.0 Å². The lowest BCUT2D eigenvalue weighted by atomic mass is 9.97.